The molecule has 0 spiro atoms. The molecule has 1 amide bonds. The molecule has 0 radical (unpaired) electrons. The van der Waals surface area contributed by atoms with Crippen LogP contribution in [0.1, 0.15) is 27.7 Å². The van der Waals surface area contributed by atoms with Crippen molar-refractivity contribution < 1.29 is 18.7 Å². The summed E-state index contributed by atoms with van der Waals surface area (Å²) in [7, 11) is 0. The number of thiophene rings is 1. The van der Waals surface area contributed by atoms with E-state index < -0.39 is 23.3 Å². The highest BCUT2D eigenvalue weighted by atomic mass is 32.1. The molecule has 7 nitrogen and oxygen atoms in total. The predicted octanol–water partition coefficient (Wildman–Crippen LogP) is 3.65. The van der Waals surface area contributed by atoms with Gasteiger partial charge in [0.25, 0.3) is 5.91 Å². The number of benzene rings is 1. The summed E-state index contributed by atoms with van der Waals surface area (Å²) in [6, 6.07) is 7.97. The summed E-state index contributed by atoms with van der Waals surface area (Å²) in [5.74, 6) is -1.88. The molecular formula is C24H21F2N5O2S. The smallest absolute Gasteiger partial charge is 0.264 e. The Kier molecular flexibility index (Phi) is 5.70. The van der Waals surface area contributed by atoms with Crippen molar-refractivity contribution in [1.82, 2.24) is 24.6 Å². The van der Waals surface area contributed by atoms with E-state index in [1.165, 1.54) is 34.7 Å². The third kappa shape index (κ3) is 3.88. The maximum absolute atomic E-state index is 14.9. The molecule has 0 aliphatic carbocycles. The maximum Gasteiger partial charge on any atom is 0.264 e. The summed E-state index contributed by atoms with van der Waals surface area (Å²) >= 11 is 1.38. The Bertz CT molecular complexity index is 1330. The SMILES string of the molecule is C[C@@H](N1CCc2cc(-c3ccncc3)sc2C1=O)[C@](O)(Cn1cncn1)c1ccc(F)cc1F. The monoisotopic (exact) mass is 481 g/mol. The van der Waals surface area contributed by atoms with E-state index in [0.717, 1.165) is 28.1 Å². The largest absolute Gasteiger partial charge is 0.381 e. The third-order valence-corrected chi connectivity index (χ3v) is 7.49. The van der Waals surface area contributed by atoms with Gasteiger partial charge in [-0.2, -0.15) is 5.10 Å². The van der Waals surface area contributed by atoms with Crippen molar-refractivity contribution in [2.24, 2.45) is 0 Å². The van der Waals surface area contributed by atoms with E-state index in [1.54, 1.807) is 24.2 Å². The van der Waals surface area contributed by atoms with Gasteiger partial charge in [-0.25, -0.2) is 18.4 Å². The van der Waals surface area contributed by atoms with Crippen LogP contribution >= 0.6 is 11.3 Å². The second kappa shape index (κ2) is 8.69. The third-order valence-electron chi connectivity index (χ3n) is 6.28. The van der Waals surface area contributed by atoms with Gasteiger partial charge in [-0.15, -0.1) is 11.3 Å². The lowest BCUT2D eigenvalue weighted by molar-refractivity contribution is -0.0562. The van der Waals surface area contributed by atoms with Crippen molar-refractivity contribution in [1.29, 1.82) is 0 Å². The molecule has 174 valence electrons. The fourth-order valence-electron chi connectivity index (χ4n) is 4.40. The number of rotatable bonds is 6. The van der Waals surface area contributed by atoms with E-state index in [0.29, 0.717) is 17.8 Å². The fourth-order valence-corrected chi connectivity index (χ4v) is 5.57. The summed E-state index contributed by atoms with van der Waals surface area (Å²) in [6.07, 6.45) is 6.70. The zero-order chi connectivity index (χ0) is 23.9. The van der Waals surface area contributed by atoms with Crippen LogP contribution in [0.2, 0.25) is 0 Å². The molecule has 0 fully saturated rings. The summed E-state index contributed by atoms with van der Waals surface area (Å²) in [6.45, 7) is 1.85. The van der Waals surface area contributed by atoms with Crippen LogP contribution in [0.25, 0.3) is 10.4 Å². The van der Waals surface area contributed by atoms with Gasteiger partial charge in [-0.05, 0) is 48.7 Å². The van der Waals surface area contributed by atoms with Crippen molar-refractivity contribution in [3.05, 3.63) is 89.1 Å². The van der Waals surface area contributed by atoms with Gasteiger partial charge in [0.1, 0.15) is 29.9 Å². The molecule has 0 saturated carbocycles. The molecule has 2 atom stereocenters. The van der Waals surface area contributed by atoms with Crippen LogP contribution in [-0.4, -0.2) is 48.2 Å². The zero-order valence-corrected chi connectivity index (χ0v) is 19.0. The number of hydrogen-bond acceptors (Lipinski definition) is 6. The van der Waals surface area contributed by atoms with E-state index in [-0.39, 0.29) is 18.0 Å². The molecular weight excluding hydrogens is 460 g/mol. The number of carbonyl (C=O) groups excluding carboxylic acids is 1. The van der Waals surface area contributed by atoms with Gasteiger partial charge < -0.3 is 10.0 Å². The first-order chi connectivity index (χ1) is 16.4. The van der Waals surface area contributed by atoms with Crippen molar-refractivity contribution >= 4 is 17.2 Å². The molecule has 0 unspecified atom stereocenters. The number of halogens is 2. The van der Waals surface area contributed by atoms with Gasteiger partial charge >= 0.3 is 0 Å². The van der Waals surface area contributed by atoms with Crippen LogP contribution in [0.4, 0.5) is 8.78 Å². The van der Waals surface area contributed by atoms with Crippen LogP contribution in [0.3, 0.4) is 0 Å². The van der Waals surface area contributed by atoms with Gasteiger partial charge in [-0.3, -0.25) is 9.78 Å². The highest BCUT2D eigenvalue weighted by molar-refractivity contribution is 7.17. The van der Waals surface area contributed by atoms with Crippen LogP contribution in [-0.2, 0) is 18.6 Å². The van der Waals surface area contributed by atoms with E-state index >= 15 is 0 Å². The van der Waals surface area contributed by atoms with Crippen LogP contribution in [0, 0.1) is 11.6 Å². The first-order valence-electron chi connectivity index (χ1n) is 10.7. The normalized spacial score (nSPS) is 16.2. The number of carbonyl (C=O) groups is 1. The first kappa shape index (κ1) is 22.3. The van der Waals surface area contributed by atoms with Gasteiger partial charge in [-0.1, -0.05) is 6.07 Å². The molecule has 4 heterocycles. The molecule has 1 aliphatic heterocycles. The van der Waals surface area contributed by atoms with E-state index in [9.17, 15) is 18.7 Å². The zero-order valence-electron chi connectivity index (χ0n) is 18.2. The molecule has 1 aliphatic rings. The topological polar surface area (TPSA) is 84.1 Å². The number of aromatic nitrogens is 4. The number of pyridine rings is 1. The molecule has 0 bridgehead atoms. The van der Waals surface area contributed by atoms with Crippen LogP contribution < -0.4 is 0 Å². The maximum atomic E-state index is 14.9. The average Bonchev–Trinajstić information content (AvgIpc) is 3.49. The predicted molar refractivity (Wildman–Crippen MR) is 122 cm³/mol. The molecule has 1 aromatic carbocycles. The number of hydrogen-bond donors (Lipinski definition) is 1. The lowest BCUT2D eigenvalue weighted by Crippen LogP contribution is -2.55. The molecule has 10 heteroatoms. The van der Waals surface area contributed by atoms with Gasteiger partial charge in [0.2, 0.25) is 0 Å². The number of nitrogens with zero attached hydrogens (tertiary/aromatic N) is 5. The van der Waals surface area contributed by atoms with Gasteiger partial charge in [0, 0.05) is 35.4 Å². The minimum atomic E-state index is -1.89. The fraction of sp³-hybridized carbons (Fsp3) is 0.250. The number of amides is 1. The molecule has 4 aromatic rings. The standard InChI is InChI=1S/C24H21F2N5O2S/c1-15(24(33,12-30-14-28-13-29-30)19-3-2-18(25)11-20(19)26)31-9-6-17-10-21(34-22(17)23(31)32)16-4-7-27-8-5-16/h2-5,7-8,10-11,13-15,33H,6,9,12H2,1H3/t15-,24-/m1/s1. The summed E-state index contributed by atoms with van der Waals surface area (Å²) < 4.78 is 29.9. The van der Waals surface area contributed by atoms with E-state index in [1.807, 2.05) is 18.2 Å². The van der Waals surface area contributed by atoms with Crippen LogP contribution in [0.15, 0.2) is 61.4 Å². The van der Waals surface area contributed by atoms with Crippen molar-refractivity contribution in [2.45, 2.75) is 31.5 Å². The lowest BCUT2D eigenvalue weighted by atomic mass is 9.84. The Morgan fingerprint density at radius 1 is 1.18 bits per heavy atom. The number of fused-ring (bicyclic) bond motifs is 1. The minimum absolute atomic E-state index is 0.112. The summed E-state index contributed by atoms with van der Waals surface area (Å²) in [5, 5.41) is 15.9. The molecule has 5 rings (SSSR count). The summed E-state index contributed by atoms with van der Waals surface area (Å²) in [4.78, 5) is 24.6. The second-order valence-corrected chi connectivity index (χ2v) is 9.32. The van der Waals surface area contributed by atoms with Gasteiger partial charge in [0.15, 0.2) is 0 Å². The Hall–Kier alpha value is -3.50. The van der Waals surface area contributed by atoms with E-state index in [4.69, 9.17) is 0 Å². The second-order valence-electron chi connectivity index (χ2n) is 8.27. The van der Waals surface area contributed by atoms with Crippen molar-refractivity contribution in [2.75, 3.05) is 6.54 Å². The quantitative estimate of drug-likeness (QED) is 0.455. The first-order valence-corrected chi connectivity index (χ1v) is 11.5. The average molecular weight is 482 g/mol. The summed E-state index contributed by atoms with van der Waals surface area (Å²) in [5.41, 5.74) is -0.0841. The van der Waals surface area contributed by atoms with Crippen LogP contribution in [0.5, 0.6) is 0 Å². The molecule has 0 saturated heterocycles. The highest BCUT2D eigenvalue weighted by Gasteiger charge is 2.45. The number of aliphatic hydroxyl groups is 1. The Labute approximate surface area is 198 Å². The highest BCUT2D eigenvalue weighted by Crippen LogP contribution is 2.38. The van der Waals surface area contributed by atoms with Crippen molar-refractivity contribution in [3.63, 3.8) is 0 Å². The molecule has 34 heavy (non-hydrogen) atoms. The van der Waals surface area contributed by atoms with Gasteiger partial charge in [0.05, 0.1) is 17.5 Å². The lowest BCUT2D eigenvalue weighted by Gasteiger charge is -2.42. The van der Waals surface area contributed by atoms with Crippen molar-refractivity contribution in [3.8, 4) is 10.4 Å². The molecule has 3 aromatic heterocycles. The Morgan fingerprint density at radius 2 is 1.97 bits per heavy atom. The Morgan fingerprint density at radius 3 is 2.68 bits per heavy atom. The van der Waals surface area contributed by atoms with E-state index in [2.05, 4.69) is 15.1 Å². The molecule has 1 N–H and O–H groups in total. The minimum Gasteiger partial charge on any atom is -0.381 e. The Balaban J connectivity index is 1.51.